The molecule has 0 unspecified atom stereocenters. The third-order valence-electron chi connectivity index (χ3n) is 3.30. The van der Waals surface area contributed by atoms with Gasteiger partial charge in [0.1, 0.15) is 6.07 Å². The number of benzene rings is 1. The molecule has 1 aromatic carbocycles. The minimum Gasteiger partial charge on any atom is -0.432 e. The number of oxazole rings is 1. The molecule has 2 N–H and O–H groups in total. The summed E-state index contributed by atoms with van der Waals surface area (Å²) in [6.45, 7) is -2.51. The molecule has 2 rings (SSSR count). The van der Waals surface area contributed by atoms with Crippen LogP contribution < -0.4 is 10.1 Å². The molecule has 0 saturated carbocycles. The molecule has 26 heavy (non-hydrogen) atoms. The first-order chi connectivity index (χ1) is 12.5. The maximum atomic E-state index is 12.7. The van der Waals surface area contributed by atoms with E-state index in [0.29, 0.717) is 13.0 Å². The number of unbranched alkanes of at least 4 members (excludes halogenated alkanes) is 2. The number of aliphatic hydroxyl groups excluding tert-OH is 1. The van der Waals surface area contributed by atoms with E-state index in [1.165, 1.54) is 12.1 Å². The SMILES string of the molecule is N#Cc1nc(-c2cc(Cl)cc(Cl)c2OC(F)F)oc1NCCCCCO. The van der Waals surface area contributed by atoms with Crippen molar-refractivity contribution in [3.63, 3.8) is 0 Å². The van der Waals surface area contributed by atoms with Gasteiger partial charge in [-0.1, -0.05) is 23.2 Å². The molecular formula is C16H15Cl2F2N3O3. The molecule has 1 heterocycles. The number of rotatable bonds is 9. The van der Waals surface area contributed by atoms with Crippen molar-refractivity contribution in [3.05, 3.63) is 27.9 Å². The topological polar surface area (TPSA) is 91.3 Å². The molecule has 0 radical (unpaired) electrons. The van der Waals surface area contributed by atoms with E-state index in [2.05, 4.69) is 15.0 Å². The summed E-state index contributed by atoms with van der Waals surface area (Å²) < 4.78 is 35.3. The van der Waals surface area contributed by atoms with Crippen molar-refractivity contribution >= 4 is 29.1 Å². The lowest BCUT2D eigenvalue weighted by atomic mass is 10.2. The van der Waals surface area contributed by atoms with Crippen molar-refractivity contribution in [2.45, 2.75) is 25.9 Å². The fourth-order valence-electron chi connectivity index (χ4n) is 2.17. The zero-order chi connectivity index (χ0) is 19.1. The molecule has 6 nitrogen and oxygen atoms in total. The highest BCUT2D eigenvalue weighted by Crippen LogP contribution is 2.40. The summed E-state index contributed by atoms with van der Waals surface area (Å²) in [6.07, 6.45) is 2.21. The molecular weight excluding hydrogens is 391 g/mol. The van der Waals surface area contributed by atoms with E-state index >= 15 is 0 Å². The molecule has 0 atom stereocenters. The highest BCUT2D eigenvalue weighted by Gasteiger charge is 2.22. The zero-order valence-electron chi connectivity index (χ0n) is 13.4. The van der Waals surface area contributed by atoms with Crippen molar-refractivity contribution in [1.29, 1.82) is 5.26 Å². The van der Waals surface area contributed by atoms with Gasteiger partial charge in [-0.2, -0.15) is 19.0 Å². The zero-order valence-corrected chi connectivity index (χ0v) is 14.9. The minimum atomic E-state index is -3.11. The molecule has 10 heteroatoms. The lowest BCUT2D eigenvalue weighted by Gasteiger charge is -2.10. The van der Waals surface area contributed by atoms with Crippen LogP contribution in [0.15, 0.2) is 16.5 Å². The Labute approximate surface area is 158 Å². The van der Waals surface area contributed by atoms with Gasteiger partial charge in [-0.15, -0.1) is 0 Å². The van der Waals surface area contributed by atoms with Gasteiger partial charge in [-0.05, 0) is 31.4 Å². The van der Waals surface area contributed by atoms with E-state index in [4.69, 9.17) is 32.7 Å². The van der Waals surface area contributed by atoms with Crippen LogP contribution in [0.5, 0.6) is 5.75 Å². The molecule has 0 saturated heterocycles. The molecule has 0 spiro atoms. The second-order valence-corrected chi connectivity index (χ2v) is 6.01. The van der Waals surface area contributed by atoms with Gasteiger partial charge in [0.05, 0.1) is 10.6 Å². The number of hydrogen-bond donors (Lipinski definition) is 2. The van der Waals surface area contributed by atoms with Crippen LogP contribution in [0.1, 0.15) is 25.0 Å². The summed E-state index contributed by atoms with van der Waals surface area (Å²) in [4.78, 5) is 3.99. The highest BCUT2D eigenvalue weighted by atomic mass is 35.5. The predicted octanol–water partition coefficient (Wildman–Crippen LogP) is 4.70. The van der Waals surface area contributed by atoms with Crippen LogP contribution in [0.3, 0.4) is 0 Å². The second kappa shape index (κ2) is 9.57. The Kier molecular flexibility index (Phi) is 7.45. The highest BCUT2D eigenvalue weighted by molar-refractivity contribution is 6.36. The van der Waals surface area contributed by atoms with Gasteiger partial charge in [0.2, 0.25) is 17.5 Å². The van der Waals surface area contributed by atoms with E-state index in [0.717, 1.165) is 12.8 Å². The predicted molar refractivity (Wildman–Crippen MR) is 92.7 cm³/mol. The van der Waals surface area contributed by atoms with Crippen molar-refractivity contribution in [3.8, 4) is 23.3 Å². The van der Waals surface area contributed by atoms with Gasteiger partial charge < -0.3 is 19.6 Å². The summed E-state index contributed by atoms with van der Waals surface area (Å²) in [7, 11) is 0. The Balaban J connectivity index is 2.30. The Morgan fingerprint density at radius 2 is 2.08 bits per heavy atom. The lowest BCUT2D eigenvalue weighted by molar-refractivity contribution is -0.0494. The van der Waals surface area contributed by atoms with Crippen LogP contribution >= 0.6 is 23.2 Å². The quantitative estimate of drug-likeness (QED) is 0.587. The molecule has 0 aliphatic rings. The molecule has 0 fully saturated rings. The normalized spacial score (nSPS) is 10.8. The van der Waals surface area contributed by atoms with Crippen LogP contribution in [0.25, 0.3) is 11.5 Å². The number of nitrogens with zero attached hydrogens (tertiary/aromatic N) is 2. The van der Waals surface area contributed by atoms with Crippen molar-refractivity contribution < 1.29 is 23.0 Å². The summed E-state index contributed by atoms with van der Waals surface area (Å²) in [5.41, 5.74) is -0.0334. The fraction of sp³-hybridized carbons (Fsp3) is 0.375. The van der Waals surface area contributed by atoms with Crippen molar-refractivity contribution in [1.82, 2.24) is 4.98 Å². The van der Waals surface area contributed by atoms with Crippen LogP contribution in [-0.2, 0) is 0 Å². The van der Waals surface area contributed by atoms with Gasteiger partial charge in [0.15, 0.2) is 5.75 Å². The number of nitrogens with one attached hydrogen (secondary N) is 1. The number of nitriles is 1. The second-order valence-electron chi connectivity index (χ2n) is 5.16. The van der Waals surface area contributed by atoms with E-state index in [-0.39, 0.29) is 45.4 Å². The van der Waals surface area contributed by atoms with E-state index in [1.807, 2.05) is 6.07 Å². The molecule has 140 valence electrons. The first-order valence-corrected chi connectivity index (χ1v) is 8.41. The Morgan fingerprint density at radius 3 is 2.73 bits per heavy atom. The van der Waals surface area contributed by atoms with Crippen LogP contribution in [0, 0.1) is 11.3 Å². The van der Waals surface area contributed by atoms with Crippen molar-refractivity contribution in [2.75, 3.05) is 18.5 Å². The van der Waals surface area contributed by atoms with Gasteiger partial charge in [0, 0.05) is 18.2 Å². The fourth-order valence-corrected chi connectivity index (χ4v) is 2.71. The standard InChI is InChI=1S/C16H15Cl2F2N3O3/c17-9-6-10(13(11(18)7-9)25-16(19)20)14-23-12(8-21)15(26-14)22-4-2-1-3-5-24/h6-7,16,22,24H,1-5H2. The van der Waals surface area contributed by atoms with E-state index in [1.54, 1.807) is 0 Å². The molecule has 2 aromatic rings. The minimum absolute atomic E-state index is 0.00707. The van der Waals surface area contributed by atoms with Crippen LogP contribution in [-0.4, -0.2) is 29.9 Å². The third-order valence-corrected chi connectivity index (χ3v) is 3.80. The number of halogens is 4. The number of hydrogen-bond acceptors (Lipinski definition) is 6. The van der Waals surface area contributed by atoms with Crippen LogP contribution in [0.2, 0.25) is 10.0 Å². The first kappa shape index (κ1) is 20.2. The van der Waals surface area contributed by atoms with Gasteiger partial charge in [-0.25, -0.2) is 0 Å². The molecule has 0 amide bonds. The maximum Gasteiger partial charge on any atom is 0.387 e. The Hall–Kier alpha value is -2.08. The van der Waals surface area contributed by atoms with Crippen molar-refractivity contribution in [2.24, 2.45) is 0 Å². The summed E-state index contributed by atoms with van der Waals surface area (Å²) in [6, 6.07) is 4.42. The van der Waals surface area contributed by atoms with E-state index in [9.17, 15) is 14.0 Å². The molecule has 1 aromatic heterocycles. The summed E-state index contributed by atoms with van der Waals surface area (Å²) in [5.74, 6) is -0.364. The number of alkyl halides is 2. The average Bonchev–Trinajstić information content (AvgIpc) is 2.99. The molecule has 0 aliphatic heterocycles. The number of anilines is 1. The van der Waals surface area contributed by atoms with Crippen LogP contribution in [0.4, 0.5) is 14.7 Å². The number of aromatic nitrogens is 1. The van der Waals surface area contributed by atoms with Gasteiger partial charge in [-0.3, -0.25) is 0 Å². The van der Waals surface area contributed by atoms with Gasteiger partial charge >= 0.3 is 6.61 Å². The Bertz CT molecular complexity index is 794. The average molecular weight is 406 g/mol. The smallest absolute Gasteiger partial charge is 0.387 e. The summed E-state index contributed by atoms with van der Waals surface area (Å²) >= 11 is 11.9. The lowest BCUT2D eigenvalue weighted by Crippen LogP contribution is -2.04. The Morgan fingerprint density at radius 1 is 1.31 bits per heavy atom. The summed E-state index contributed by atoms with van der Waals surface area (Å²) in [5, 5.41) is 20.9. The van der Waals surface area contributed by atoms with E-state index < -0.39 is 6.61 Å². The molecule has 0 bridgehead atoms. The maximum absolute atomic E-state index is 12.7. The van der Waals surface area contributed by atoms with Gasteiger partial charge in [0.25, 0.3) is 0 Å². The monoisotopic (exact) mass is 405 g/mol. The number of aliphatic hydroxyl groups is 1. The molecule has 0 aliphatic carbocycles. The third kappa shape index (κ3) is 5.21. The largest absolute Gasteiger partial charge is 0.432 e. The first-order valence-electron chi connectivity index (χ1n) is 7.66. The number of ether oxygens (including phenoxy) is 1.